The average molecular weight is 488 g/mol. The van der Waals surface area contributed by atoms with Crippen molar-refractivity contribution >= 4 is 6.09 Å². The summed E-state index contributed by atoms with van der Waals surface area (Å²) in [5.74, 6) is 4.18. The summed E-state index contributed by atoms with van der Waals surface area (Å²) in [4.78, 5) is 11.8. The fraction of sp³-hybridized carbons (Fsp3) is 0.774. The third-order valence-electron chi connectivity index (χ3n) is 8.24. The van der Waals surface area contributed by atoms with E-state index in [1.807, 2.05) is 13.8 Å². The van der Waals surface area contributed by atoms with Crippen molar-refractivity contribution in [2.45, 2.75) is 132 Å². The van der Waals surface area contributed by atoms with Gasteiger partial charge in [0.1, 0.15) is 17.1 Å². The van der Waals surface area contributed by atoms with Gasteiger partial charge in [-0.3, -0.25) is 0 Å². The van der Waals surface area contributed by atoms with Crippen molar-refractivity contribution < 1.29 is 14.3 Å². The summed E-state index contributed by atoms with van der Waals surface area (Å²) in [6, 6.07) is 0. The number of amides is 1. The van der Waals surface area contributed by atoms with E-state index in [4.69, 9.17) is 9.47 Å². The van der Waals surface area contributed by atoms with Gasteiger partial charge in [-0.1, -0.05) is 72.6 Å². The molecule has 0 bridgehead atoms. The number of fused-ring (bicyclic) bond motifs is 1. The van der Waals surface area contributed by atoms with Crippen LogP contribution in [0.1, 0.15) is 121 Å². The average Bonchev–Trinajstić information content (AvgIpc) is 2.79. The topological polar surface area (TPSA) is 47.6 Å². The minimum atomic E-state index is -0.424. The van der Waals surface area contributed by atoms with Gasteiger partial charge in [0, 0.05) is 12.6 Å². The van der Waals surface area contributed by atoms with Crippen LogP contribution in [0.3, 0.4) is 0 Å². The first kappa shape index (κ1) is 29.5. The Balaban J connectivity index is 1.84. The molecule has 0 radical (unpaired) electrons. The third-order valence-corrected chi connectivity index (χ3v) is 8.24. The maximum Gasteiger partial charge on any atom is 0.412 e. The SMILES string of the molecule is CNC(=O)Oc1c(C)c(C)c2c(c1C)CC[C@@](C)(CCC[C@H](C)CCC[C@H](C)CCCC(C)C)O2. The van der Waals surface area contributed by atoms with Crippen molar-refractivity contribution in [3.63, 3.8) is 0 Å². The Bertz CT molecular complexity index is 831. The molecule has 0 saturated heterocycles. The molecule has 3 atom stereocenters. The molecule has 2 rings (SSSR count). The molecule has 0 aliphatic carbocycles. The largest absolute Gasteiger partial charge is 0.487 e. The van der Waals surface area contributed by atoms with Gasteiger partial charge in [-0.2, -0.15) is 0 Å². The van der Waals surface area contributed by atoms with Crippen LogP contribution in [0, 0.1) is 38.5 Å². The lowest BCUT2D eigenvalue weighted by Crippen LogP contribution is -2.37. The van der Waals surface area contributed by atoms with Gasteiger partial charge in [-0.05, 0) is 87.8 Å². The van der Waals surface area contributed by atoms with Crippen molar-refractivity contribution in [2.24, 2.45) is 17.8 Å². The lowest BCUT2D eigenvalue weighted by Gasteiger charge is -2.38. The van der Waals surface area contributed by atoms with E-state index in [1.165, 1.54) is 56.9 Å². The van der Waals surface area contributed by atoms with Crippen LogP contribution in [0.15, 0.2) is 0 Å². The van der Waals surface area contributed by atoms with Crippen LogP contribution in [0.2, 0.25) is 0 Å². The lowest BCUT2D eigenvalue weighted by molar-refractivity contribution is 0.0511. The van der Waals surface area contributed by atoms with Crippen LogP contribution in [-0.4, -0.2) is 18.7 Å². The molecule has 1 aliphatic heterocycles. The molecule has 4 nitrogen and oxygen atoms in total. The summed E-state index contributed by atoms with van der Waals surface area (Å²) < 4.78 is 12.3. The number of hydrogen-bond acceptors (Lipinski definition) is 3. The Hall–Kier alpha value is -1.71. The first-order valence-corrected chi connectivity index (χ1v) is 14.2. The molecule has 1 N–H and O–H groups in total. The standard InChI is InChI=1S/C31H53NO3/c1-21(2)13-10-14-22(3)15-11-16-23(4)17-12-19-31(8)20-18-27-26(7)28(34-30(33)32-9)24(5)25(6)29(27)35-31/h21-23H,10-20H2,1-9H3,(H,32,33)/t22-,23-,31-/m1/s1. The van der Waals surface area contributed by atoms with Crippen LogP contribution in [0.4, 0.5) is 4.79 Å². The quantitative estimate of drug-likeness (QED) is 0.302. The van der Waals surface area contributed by atoms with E-state index >= 15 is 0 Å². The molecule has 1 aliphatic rings. The van der Waals surface area contributed by atoms with Crippen LogP contribution >= 0.6 is 0 Å². The van der Waals surface area contributed by atoms with E-state index in [9.17, 15) is 4.79 Å². The number of benzene rings is 1. The second-order valence-corrected chi connectivity index (χ2v) is 12.1. The van der Waals surface area contributed by atoms with Gasteiger partial charge < -0.3 is 14.8 Å². The normalized spacial score (nSPS) is 19.1. The molecule has 1 heterocycles. The minimum Gasteiger partial charge on any atom is -0.487 e. The number of carbonyl (C=O) groups is 1. The van der Waals surface area contributed by atoms with E-state index in [0.29, 0.717) is 5.75 Å². The van der Waals surface area contributed by atoms with Gasteiger partial charge >= 0.3 is 6.09 Å². The summed E-state index contributed by atoms with van der Waals surface area (Å²) in [6.45, 7) is 17.9. The molecule has 0 unspecified atom stereocenters. The second-order valence-electron chi connectivity index (χ2n) is 12.1. The molecule has 200 valence electrons. The maximum atomic E-state index is 11.8. The first-order chi connectivity index (χ1) is 16.5. The molecule has 1 aromatic carbocycles. The summed E-state index contributed by atoms with van der Waals surface area (Å²) in [7, 11) is 1.59. The van der Waals surface area contributed by atoms with E-state index in [2.05, 4.69) is 46.9 Å². The van der Waals surface area contributed by atoms with Gasteiger partial charge in [0.2, 0.25) is 0 Å². The lowest BCUT2D eigenvalue weighted by atomic mass is 9.83. The summed E-state index contributed by atoms with van der Waals surface area (Å²) in [5, 5.41) is 2.55. The van der Waals surface area contributed by atoms with Crippen molar-refractivity contribution in [1.29, 1.82) is 0 Å². The van der Waals surface area contributed by atoms with E-state index in [0.717, 1.165) is 59.5 Å². The molecule has 0 spiro atoms. The number of carbonyl (C=O) groups excluding carboxylic acids is 1. The highest BCUT2D eigenvalue weighted by atomic mass is 16.6. The number of hydrogen-bond donors (Lipinski definition) is 1. The second kappa shape index (κ2) is 13.6. The fourth-order valence-corrected chi connectivity index (χ4v) is 5.56. The number of ether oxygens (including phenoxy) is 2. The highest BCUT2D eigenvalue weighted by Gasteiger charge is 2.34. The smallest absolute Gasteiger partial charge is 0.412 e. The maximum absolute atomic E-state index is 11.8. The molecule has 1 aromatic rings. The summed E-state index contributed by atoms with van der Waals surface area (Å²) in [5.41, 5.74) is 4.18. The number of nitrogens with one attached hydrogen (secondary N) is 1. The van der Waals surface area contributed by atoms with Crippen LogP contribution in [0.5, 0.6) is 11.5 Å². The molecule has 0 fully saturated rings. The molecule has 35 heavy (non-hydrogen) atoms. The predicted octanol–water partition coefficient (Wildman–Crippen LogP) is 8.85. The summed E-state index contributed by atoms with van der Waals surface area (Å²) in [6.07, 6.45) is 13.4. The van der Waals surface area contributed by atoms with Crippen LogP contribution < -0.4 is 14.8 Å². The van der Waals surface area contributed by atoms with Crippen LogP contribution in [-0.2, 0) is 6.42 Å². The Morgan fingerprint density at radius 3 is 2.06 bits per heavy atom. The minimum absolute atomic E-state index is 0.121. The predicted molar refractivity (Wildman–Crippen MR) is 148 cm³/mol. The Morgan fingerprint density at radius 2 is 1.49 bits per heavy atom. The fourth-order valence-electron chi connectivity index (χ4n) is 5.56. The van der Waals surface area contributed by atoms with Crippen molar-refractivity contribution in [1.82, 2.24) is 5.32 Å². The zero-order chi connectivity index (χ0) is 26.2. The third kappa shape index (κ3) is 8.72. The Labute approximate surface area is 215 Å². The van der Waals surface area contributed by atoms with Crippen LogP contribution in [0.25, 0.3) is 0 Å². The summed E-state index contributed by atoms with van der Waals surface area (Å²) >= 11 is 0. The van der Waals surface area contributed by atoms with Gasteiger partial charge in [0.05, 0.1) is 0 Å². The van der Waals surface area contributed by atoms with Crippen molar-refractivity contribution in [2.75, 3.05) is 7.05 Å². The molecular weight excluding hydrogens is 434 g/mol. The molecule has 0 saturated carbocycles. The van der Waals surface area contributed by atoms with Crippen molar-refractivity contribution in [3.05, 3.63) is 22.3 Å². The molecule has 1 amide bonds. The highest BCUT2D eigenvalue weighted by Crippen LogP contribution is 2.45. The van der Waals surface area contributed by atoms with Gasteiger partial charge in [0.15, 0.2) is 0 Å². The van der Waals surface area contributed by atoms with Crippen molar-refractivity contribution in [3.8, 4) is 11.5 Å². The molecule has 0 aromatic heterocycles. The van der Waals surface area contributed by atoms with E-state index in [-0.39, 0.29) is 5.60 Å². The van der Waals surface area contributed by atoms with E-state index in [1.54, 1.807) is 7.05 Å². The molecular formula is C31H53NO3. The Morgan fingerprint density at radius 1 is 0.914 bits per heavy atom. The molecule has 4 heteroatoms. The van der Waals surface area contributed by atoms with Gasteiger partial charge in [-0.25, -0.2) is 4.79 Å². The Kier molecular flexibility index (Phi) is 11.4. The van der Waals surface area contributed by atoms with Gasteiger partial charge in [0.25, 0.3) is 0 Å². The number of rotatable bonds is 13. The van der Waals surface area contributed by atoms with E-state index < -0.39 is 6.09 Å². The first-order valence-electron chi connectivity index (χ1n) is 14.2. The van der Waals surface area contributed by atoms with Gasteiger partial charge in [-0.15, -0.1) is 0 Å². The zero-order valence-corrected chi connectivity index (χ0v) is 24.2. The highest BCUT2D eigenvalue weighted by molar-refractivity contribution is 5.72. The monoisotopic (exact) mass is 487 g/mol. The zero-order valence-electron chi connectivity index (χ0n) is 24.2.